The van der Waals surface area contributed by atoms with Crippen LogP contribution in [-0.2, 0) is 4.79 Å². The van der Waals surface area contributed by atoms with Crippen molar-refractivity contribution < 1.29 is 4.79 Å². The van der Waals surface area contributed by atoms with Crippen LogP contribution in [0.2, 0.25) is 0 Å². The second-order valence-electron chi connectivity index (χ2n) is 5.93. The number of hydrogen-bond acceptors (Lipinski definition) is 7. The van der Waals surface area contributed by atoms with Crippen molar-refractivity contribution in [3.8, 4) is 11.3 Å². The number of aromatic nitrogens is 5. The SMILES string of the molecule is Cc1ccc(-c2csc(NC(=O)CSc3nc4ncccn4n3)n2)cc1C. The first-order chi connectivity index (χ1) is 13.1. The minimum Gasteiger partial charge on any atom is -0.301 e. The highest BCUT2D eigenvalue weighted by Crippen LogP contribution is 2.26. The van der Waals surface area contributed by atoms with E-state index < -0.39 is 0 Å². The number of carbonyl (C=O) groups excluding carboxylic acids is 1. The Hall–Kier alpha value is -2.78. The fourth-order valence-corrected chi connectivity index (χ4v) is 3.78. The lowest BCUT2D eigenvalue weighted by atomic mass is 10.1. The van der Waals surface area contributed by atoms with Gasteiger partial charge in [0.15, 0.2) is 5.13 Å². The Morgan fingerprint density at radius 3 is 2.96 bits per heavy atom. The molecule has 0 saturated heterocycles. The first-order valence-corrected chi connectivity index (χ1v) is 10.1. The summed E-state index contributed by atoms with van der Waals surface area (Å²) in [6.07, 6.45) is 3.42. The van der Waals surface area contributed by atoms with E-state index in [9.17, 15) is 4.79 Å². The molecule has 9 heteroatoms. The van der Waals surface area contributed by atoms with Gasteiger partial charge in [0, 0.05) is 23.3 Å². The van der Waals surface area contributed by atoms with E-state index in [-0.39, 0.29) is 11.7 Å². The normalized spacial score (nSPS) is 11.0. The monoisotopic (exact) mass is 396 g/mol. The molecule has 1 amide bonds. The molecule has 0 spiro atoms. The molecule has 0 bridgehead atoms. The average Bonchev–Trinajstić information content (AvgIpc) is 3.28. The van der Waals surface area contributed by atoms with E-state index in [1.807, 2.05) is 11.4 Å². The predicted octanol–water partition coefficient (Wildman–Crippen LogP) is 3.60. The maximum absolute atomic E-state index is 12.2. The molecule has 0 radical (unpaired) electrons. The lowest BCUT2D eigenvalue weighted by Crippen LogP contribution is -2.13. The summed E-state index contributed by atoms with van der Waals surface area (Å²) in [6, 6.07) is 8.00. The van der Waals surface area contributed by atoms with Gasteiger partial charge in [-0.2, -0.15) is 4.98 Å². The molecule has 3 aromatic heterocycles. The highest BCUT2D eigenvalue weighted by Gasteiger charge is 2.11. The zero-order valence-corrected chi connectivity index (χ0v) is 16.3. The molecule has 4 rings (SSSR count). The van der Waals surface area contributed by atoms with Crippen LogP contribution in [0.15, 0.2) is 47.2 Å². The molecular formula is C18H16N6OS2. The molecule has 0 aliphatic rings. The Morgan fingerprint density at radius 2 is 2.15 bits per heavy atom. The van der Waals surface area contributed by atoms with Crippen molar-refractivity contribution in [3.05, 3.63) is 53.2 Å². The molecule has 27 heavy (non-hydrogen) atoms. The van der Waals surface area contributed by atoms with Crippen molar-refractivity contribution in [2.24, 2.45) is 0 Å². The summed E-state index contributed by atoms with van der Waals surface area (Å²) in [4.78, 5) is 25.1. The van der Waals surface area contributed by atoms with Gasteiger partial charge in [0.2, 0.25) is 11.1 Å². The van der Waals surface area contributed by atoms with Crippen LogP contribution in [0.1, 0.15) is 11.1 Å². The number of anilines is 1. The van der Waals surface area contributed by atoms with Crippen molar-refractivity contribution in [1.82, 2.24) is 24.6 Å². The molecule has 0 aliphatic heterocycles. The smallest absolute Gasteiger partial charge is 0.253 e. The van der Waals surface area contributed by atoms with E-state index in [0.717, 1.165) is 11.3 Å². The van der Waals surface area contributed by atoms with Crippen molar-refractivity contribution in [1.29, 1.82) is 0 Å². The Bertz CT molecular complexity index is 1090. The maximum atomic E-state index is 12.2. The molecule has 1 N–H and O–H groups in total. The van der Waals surface area contributed by atoms with Gasteiger partial charge in [-0.15, -0.1) is 16.4 Å². The van der Waals surface area contributed by atoms with Gasteiger partial charge in [-0.25, -0.2) is 14.5 Å². The zero-order valence-electron chi connectivity index (χ0n) is 14.7. The number of benzene rings is 1. The number of nitrogens with zero attached hydrogens (tertiary/aromatic N) is 5. The van der Waals surface area contributed by atoms with E-state index in [4.69, 9.17) is 0 Å². The number of carbonyl (C=O) groups is 1. The summed E-state index contributed by atoms with van der Waals surface area (Å²) in [5.41, 5.74) is 4.37. The topological polar surface area (TPSA) is 85.1 Å². The lowest BCUT2D eigenvalue weighted by molar-refractivity contribution is -0.113. The number of thioether (sulfide) groups is 1. The fourth-order valence-electron chi connectivity index (χ4n) is 2.42. The summed E-state index contributed by atoms with van der Waals surface area (Å²) < 4.78 is 1.58. The average molecular weight is 397 g/mol. The Balaban J connectivity index is 1.38. The molecule has 0 aliphatic carbocycles. The second-order valence-corrected chi connectivity index (χ2v) is 7.73. The minimum absolute atomic E-state index is 0.146. The summed E-state index contributed by atoms with van der Waals surface area (Å²) in [7, 11) is 0. The van der Waals surface area contributed by atoms with Crippen LogP contribution in [-0.4, -0.2) is 36.2 Å². The molecule has 7 nitrogen and oxygen atoms in total. The number of hydrogen-bond donors (Lipinski definition) is 1. The second kappa shape index (κ2) is 7.45. The number of fused-ring (bicyclic) bond motifs is 1. The van der Waals surface area contributed by atoms with Gasteiger partial charge in [-0.3, -0.25) is 4.79 Å². The molecular weight excluding hydrogens is 380 g/mol. The van der Waals surface area contributed by atoms with Gasteiger partial charge in [-0.1, -0.05) is 23.9 Å². The standard InChI is InChI=1S/C18H16N6OS2/c1-11-4-5-13(8-12(11)2)14-9-26-17(20-14)21-15(25)10-27-18-22-16-19-6-3-7-24(16)23-18/h3-9H,10H2,1-2H3,(H,20,21,25). The van der Waals surface area contributed by atoms with Crippen LogP contribution in [0.5, 0.6) is 0 Å². The van der Waals surface area contributed by atoms with Crippen molar-refractivity contribution in [3.63, 3.8) is 0 Å². The Morgan fingerprint density at radius 1 is 1.26 bits per heavy atom. The quantitative estimate of drug-likeness (QED) is 0.519. The molecule has 0 saturated carbocycles. The van der Waals surface area contributed by atoms with Gasteiger partial charge < -0.3 is 5.32 Å². The predicted molar refractivity (Wildman–Crippen MR) is 107 cm³/mol. The van der Waals surface area contributed by atoms with Gasteiger partial charge >= 0.3 is 0 Å². The van der Waals surface area contributed by atoms with E-state index >= 15 is 0 Å². The molecule has 3 heterocycles. The molecule has 136 valence electrons. The zero-order chi connectivity index (χ0) is 18.8. The highest BCUT2D eigenvalue weighted by atomic mass is 32.2. The van der Waals surface area contributed by atoms with Gasteiger partial charge in [0.1, 0.15) is 0 Å². The van der Waals surface area contributed by atoms with Gasteiger partial charge in [0.25, 0.3) is 5.78 Å². The van der Waals surface area contributed by atoms with Crippen molar-refractivity contribution in [2.75, 3.05) is 11.1 Å². The van der Waals surface area contributed by atoms with Crippen LogP contribution in [0.3, 0.4) is 0 Å². The highest BCUT2D eigenvalue weighted by molar-refractivity contribution is 7.99. The van der Waals surface area contributed by atoms with E-state index in [2.05, 4.69) is 51.3 Å². The lowest BCUT2D eigenvalue weighted by Gasteiger charge is -2.02. The number of rotatable bonds is 5. The molecule has 1 aromatic carbocycles. The number of amides is 1. The van der Waals surface area contributed by atoms with Crippen LogP contribution in [0.4, 0.5) is 5.13 Å². The van der Waals surface area contributed by atoms with Crippen molar-refractivity contribution in [2.45, 2.75) is 19.0 Å². The summed E-state index contributed by atoms with van der Waals surface area (Å²) >= 11 is 2.67. The summed E-state index contributed by atoms with van der Waals surface area (Å²) in [5.74, 6) is 0.571. The first kappa shape index (κ1) is 17.6. The van der Waals surface area contributed by atoms with Gasteiger partial charge in [0.05, 0.1) is 11.4 Å². The minimum atomic E-state index is -0.146. The van der Waals surface area contributed by atoms with E-state index in [1.165, 1.54) is 34.2 Å². The molecule has 0 fully saturated rings. The molecule has 0 unspecified atom stereocenters. The third kappa shape index (κ3) is 3.99. The Labute approximate surface area is 163 Å². The molecule has 4 aromatic rings. The van der Waals surface area contributed by atoms with Crippen LogP contribution in [0.25, 0.3) is 17.0 Å². The number of aryl methyl sites for hydroxylation is 2. The van der Waals surface area contributed by atoms with Crippen LogP contribution >= 0.6 is 23.1 Å². The number of thiazole rings is 1. The largest absolute Gasteiger partial charge is 0.301 e. The Kier molecular flexibility index (Phi) is 4.87. The molecule has 0 atom stereocenters. The van der Waals surface area contributed by atoms with Crippen LogP contribution < -0.4 is 5.32 Å². The van der Waals surface area contributed by atoms with Crippen LogP contribution in [0, 0.1) is 13.8 Å². The summed E-state index contributed by atoms with van der Waals surface area (Å²) in [6.45, 7) is 4.16. The van der Waals surface area contributed by atoms with Gasteiger partial charge in [-0.05, 0) is 37.1 Å². The van der Waals surface area contributed by atoms with E-state index in [1.54, 1.807) is 23.0 Å². The third-order valence-electron chi connectivity index (χ3n) is 3.98. The third-order valence-corrected chi connectivity index (χ3v) is 5.58. The fraction of sp³-hybridized carbons (Fsp3) is 0.167. The maximum Gasteiger partial charge on any atom is 0.253 e. The summed E-state index contributed by atoms with van der Waals surface area (Å²) in [5, 5.41) is 10.1. The number of nitrogens with one attached hydrogen (secondary N) is 1. The van der Waals surface area contributed by atoms with E-state index in [0.29, 0.717) is 16.1 Å². The van der Waals surface area contributed by atoms with Crippen molar-refractivity contribution >= 4 is 39.9 Å². The first-order valence-electron chi connectivity index (χ1n) is 8.22.